The smallest absolute Gasteiger partial charge is 0.221 e. The first-order valence-corrected chi connectivity index (χ1v) is 5.98. The maximum absolute atomic E-state index is 11.2. The third-order valence-corrected chi connectivity index (χ3v) is 3.09. The highest BCUT2D eigenvalue weighted by molar-refractivity contribution is 5.75. The predicted molar refractivity (Wildman–Crippen MR) is 61.5 cm³/mol. The van der Waals surface area contributed by atoms with E-state index in [1.165, 1.54) is 19.3 Å². The van der Waals surface area contributed by atoms with Crippen molar-refractivity contribution in [3.05, 3.63) is 0 Å². The highest BCUT2D eigenvalue weighted by Gasteiger charge is 2.25. The van der Waals surface area contributed by atoms with Crippen LogP contribution < -0.4 is 16.4 Å². The molecule has 0 aromatic carbocycles. The van der Waals surface area contributed by atoms with Crippen LogP contribution in [0.25, 0.3) is 0 Å². The molecule has 4 N–H and O–H groups in total. The van der Waals surface area contributed by atoms with Crippen LogP contribution in [0.4, 0.5) is 0 Å². The number of rotatable bonds is 6. The van der Waals surface area contributed by atoms with Gasteiger partial charge < -0.3 is 16.4 Å². The molecule has 0 radical (unpaired) electrons. The van der Waals surface area contributed by atoms with Crippen LogP contribution in [0.2, 0.25) is 0 Å². The molecule has 88 valence electrons. The van der Waals surface area contributed by atoms with E-state index in [2.05, 4.69) is 10.6 Å². The van der Waals surface area contributed by atoms with Gasteiger partial charge in [-0.2, -0.15) is 0 Å². The molecule has 0 aromatic rings. The molecule has 0 bridgehead atoms. The van der Waals surface area contributed by atoms with Crippen molar-refractivity contribution in [1.29, 1.82) is 0 Å². The van der Waals surface area contributed by atoms with Crippen LogP contribution in [-0.4, -0.2) is 31.6 Å². The molecule has 0 aromatic heterocycles. The lowest BCUT2D eigenvalue weighted by atomic mass is 10.0. The normalized spacial score (nSPS) is 25.5. The summed E-state index contributed by atoms with van der Waals surface area (Å²) in [5.74, 6) is 0.742. The Bertz CT molecular complexity index is 196. The lowest BCUT2D eigenvalue weighted by Gasteiger charge is -2.19. The van der Waals surface area contributed by atoms with E-state index in [9.17, 15) is 4.79 Å². The third kappa shape index (κ3) is 4.18. The Morgan fingerprint density at radius 1 is 1.47 bits per heavy atom. The average Bonchev–Trinajstić information content (AvgIpc) is 2.66. The molecule has 1 aliphatic rings. The predicted octanol–water partition coefficient (Wildman–Crippen LogP) is 0.230. The quantitative estimate of drug-likeness (QED) is 0.591. The summed E-state index contributed by atoms with van der Waals surface area (Å²) in [7, 11) is 0. The Morgan fingerprint density at radius 2 is 2.27 bits per heavy atom. The van der Waals surface area contributed by atoms with Crippen LogP contribution in [0.1, 0.15) is 32.6 Å². The number of hydrogen-bond acceptors (Lipinski definition) is 3. The summed E-state index contributed by atoms with van der Waals surface area (Å²) in [6.07, 6.45) is 4.27. The van der Waals surface area contributed by atoms with Gasteiger partial charge in [-0.1, -0.05) is 6.42 Å². The van der Waals surface area contributed by atoms with Gasteiger partial charge in [-0.15, -0.1) is 0 Å². The van der Waals surface area contributed by atoms with Crippen molar-refractivity contribution >= 4 is 5.91 Å². The third-order valence-electron chi connectivity index (χ3n) is 3.09. The molecular weight excluding hydrogens is 190 g/mol. The molecule has 0 heterocycles. The van der Waals surface area contributed by atoms with Crippen LogP contribution >= 0.6 is 0 Å². The van der Waals surface area contributed by atoms with E-state index >= 15 is 0 Å². The van der Waals surface area contributed by atoms with Crippen molar-refractivity contribution in [3.63, 3.8) is 0 Å². The summed E-state index contributed by atoms with van der Waals surface area (Å²) in [4.78, 5) is 11.2. The number of nitrogens with two attached hydrogens (primary N) is 1. The van der Waals surface area contributed by atoms with Crippen molar-refractivity contribution < 1.29 is 4.79 Å². The number of carbonyl (C=O) groups excluding carboxylic acids is 1. The highest BCUT2D eigenvalue weighted by atomic mass is 16.1. The van der Waals surface area contributed by atoms with Crippen molar-refractivity contribution in [3.8, 4) is 0 Å². The zero-order valence-electron chi connectivity index (χ0n) is 9.59. The molecular formula is C11H23N3O. The Labute approximate surface area is 92.0 Å². The summed E-state index contributed by atoms with van der Waals surface area (Å²) in [6, 6.07) is 0.532. The fourth-order valence-corrected chi connectivity index (χ4v) is 2.24. The van der Waals surface area contributed by atoms with E-state index in [0.29, 0.717) is 24.9 Å². The van der Waals surface area contributed by atoms with E-state index in [0.717, 1.165) is 13.1 Å². The fraction of sp³-hybridized carbons (Fsp3) is 0.909. The topological polar surface area (TPSA) is 67.2 Å². The lowest BCUT2D eigenvalue weighted by molar-refractivity contribution is -0.120. The van der Waals surface area contributed by atoms with Crippen LogP contribution in [0.3, 0.4) is 0 Å². The second-order valence-corrected chi connectivity index (χ2v) is 4.19. The van der Waals surface area contributed by atoms with Crippen molar-refractivity contribution in [2.75, 3.05) is 19.6 Å². The largest absolute Gasteiger partial charge is 0.356 e. The first-order valence-electron chi connectivity index (χ1n) is 5.98. The number of nitrogens with one attached hydrogen (secondary N) is 2. The molecule has 4 nitrogen and oxygen atoms in total. The molecule has 1 fully saturated rings. The van der Waals surface area contributed by atoms with Crippen LogP contribution in [0, 0.1) is 5.92 Å². The maximum Gasteiger partial charge on any atom is 0.221 e. The van der Waals surface area contributed by atoms with E-state index in [1.54, 1.807) is 0 Å². The second kappa shape index (κ2) is 6.80. The highest BCUT2D eigenvalue weighted by Crippen LogP contribution is 2.24. The minimum absolute atomic E-state index is 0.132. The Morgan fingerprint density at radius 3 is 2.93 bits per heavy atom. The average molecular weight is 213 g/mol. The van der Waals surface area contributed by atoms with Crippen LogP contribution in [-0.2, 0) is 4.79 Å². The monoisotopic (exact) mass is 213 g/mol. The number of carbonyl (C=O) groups is 1. The van der Waals surface area contributed by atoms with Gasteiger partial charge in [0.1, 0.15) is 0 Å². The van der Waals surface area contributed by atoms with Gasteiger partial charge in [0.25, 0.3) is 0 Å². The van der Waals surface area contributed by atoms with E-state index in [-0.39, 0.29) is 5.91 Å². The lowest BCUT2D eigenvalue weighted by Crippen LogP contribution is -2.38. The van der Waals surface area contributed by atoms with Gasteiger partial charge in [-0.25, -0.2) is 0 Å². The molecule has 1 saturated carbocycles. The van der Waals surface area contributed by atoms with Gasteiger partial charge in [0.15, 0.2) is 0 Å². The van der Waals surface area contributed by atoms with Gasteiger partial charge in [0.2, 0.25) is 5.91 Å². The minimum Gasteiger partial charge on any atom is -0.356 e. The fourth-order valence-electron chi connectivity index (χ4n) is 2.24. The van der Waals surface area contributed by atoms with Crippen LogP contribution in [0.15, 0.2) is 0 Å². The number of hydrogen-bond donors (Lipinski definition) is 3. The molecule has 1 aliphatic carbocycles. The van der Waals surface area contributed by atoms with Gasteiger partial charge in [-0.05, 0) is 32.2 Å². The standard InChI is InChI=1S/C11H23N3O/c1-2-13-11(15)6-7-14-10-5-3-4-9(10)8-12/h9-10,14H,2-8,12H2,1H3,(H,13,15). The molecule has 4 heteroatoms. The van der Waals surface area contributed by atoms with Crippen molar-refractivity contribution in [2.24, 2.45) is 11.7 Å². The van der Waals surface area contributed by atoms with Gasteiger partial charge >= 0.3 is 0 Å². The summed E-state index contributed by atoms with van der Waals surface area (Å²) >= 11 is 0. The van der Waals surface area contributed by atoms with Crippen molar-refractivity contribution in [1.82, 2.24) is 10.6 Å². The summed E-state index contributed by atoms with van der Waals surface area (Å²) in [5, 5.41) is 6.22. The zero-order valence-corrected chi connectivity index (χ0v) is 9.59. The summed E-state index contributed by atoms with van der Waals surface area (Å²) in [6.45, 7) is 4.19. The van der Waals surface area contributed by atoms with Gasteiger partial charge in [0, 0.05) is 25.6 Å². The molecule has 0 saturated heterocycles. The molecule has 2 unspecified atom stereocenters. The molecule has 15 heavy (non-hydrogen) atoms. The Hall–Kier alpha value is -0.610. The molecule has 0 aliphatic heterocycles. The Kier molecular flexibility index (Phi) is 5.65. The first-order chi connectivity index (χ1) is 7.27. The minimum atomic E-state index is 0.132. The van der Waals surface area contributed by atoms with Gasteiger partial charge in [-0.3, -0.25) is 4.79 Å². The molecule has 1 rings (SSSR count). The van der Waals surface area contributed by atoms with Crippen LogP contribution in [0.5, 0.6) is 0 Å². The van der Waals surface area contributed by atoms with E-state index < -0.39 is 0 Å². The maximum atomic E-state index is 11.2. The molecule has 1 amide bonds. The molecule has 2 atom stereocenters. The SMILES string of the molecule is CCNC(=O)CCNC1CCCC1CN. The van der Waals surface area contributed by atoms with Gasteiger partial charge in [0.05, 0.1) is 0 Å². The van der Waals surface area contributed by atoms with Crippen molar-refractivity contribution in [2.45, 2.75) is 38.6 Å². The van der Waals surface area contributed by atoms with E-state index in [1.807, 2.05) is 6.92 Å². The number of amides is 1. The zero-order chi connectivity index (χ0) is 11.1. The summed E-state index contributed by atoms with van der Waals surface area (Å²) < 4.78 is 0. The summed E-state index contributed by atoms with van der Waals surface area (Å²) in [5.41, 5.74) is 5.68. The second-order valence-electron chi connectivity index (χ2n) is 4.19. The Balaban J connectivity index is 2.11. The molecule has 0 spiro atoms. The first kappa shape index (κ1) is 12.5. The van der Waals surface area contributed by atoms with E-state index in [4.69, 9.17) is 5.73 Å².